The number of benzene rings is 1. The third-order valence-corrected chi connectivity index (χ3v) is 2.70. The Hall–Kier alpha value is -1.10. The fourth-order valence-electron chi connectivity index (χ4n) is 1.03. The Labute approximate surface area is 90.3 Å². The molecule has 0 radical (unpaired) electrons. The molecule has 0 saturated carbocycles. The van der Waals surface area contributed by atoms with Crippen LogP contribution in [0.2, 0.25) is 0 Å². The van der Waals surface area contributed by atoms with Gasteiger partial charge in [-0.2, -0.15) is 0 Å². The summed E-state index contributed by atoms with van der Waals surface area (Å²) < 4.78 is 26.6. The van der Waals surface area contributed by atoms with Crippen molar-refractivity contribution in [2.45, 2.75) is 24.0 Å². The van der Waals surface area contributed by atoms with E-state index in [0.29, 0.717) is 0 Å². The standard InChI is InChI=1S/C10H10F2O2S/c1-5(2)15-9-7(11)3-6(10(13)14)4-8(9)12/h3-5H,1-2H3,(H,13,14). The Morgan fingerprint density at radius 3 is 2.13 bits per heavy atom. The van der Waals surface area contributed by atoms with E-state index in [2.05, 4.69) is 0 Å². The molecule has 82 valence electrons. The number of aromatic carboxylic acids is 1. The summed E-state index contributed by atoms with van der Waals surface area (Å²) in [5, 5.41) is 8.60. The van der Waals surface area contributed by atoms with Crippen LogP contribution in [0.1, 0.15) is 24.2 Å². The van der Waals surface area contributed by atoms with Crippen molar-refractivity contribution in [3.8, 4) is 0 Å². The van der Waals surface area contributed by atoms with Crippen molar-refractivity contribution >= 4 is 17.7 Å². The van der Waals surface area contributed by atoms with Crippen LogP contribution in [-0.4, -0.2) is 16.3 Å². The lowest BCUT2D eigenvalue weighted by atomic mass is 10.2. The van der Waals surface area contributed by atoms with Gasteiger partial charge >= 0.3 is 5.97 Å². The average Bonchev–Trinajstić information content (AvgIpc) is 2.10. The number of thioether (sulfide) groups is 1. The first kappa shape index (κ1) is 12.0. The molecule has 0 aliphatic carbocycles. The first-order valence-corrected chi connectivity index (χ1v) is 5.18. The molecule has 15 heavy (non-hydrogen) atoms. The summed E-state index contributed by atoms with van der Waals surface area (Å²) in [4.78, 5) is 10.4. The number of carboxylic acids is 1. The zero-order valence-corrected chi connectivity index (χ0v) is 9.07. The van der Waals surface area contributed by atoms with E-state index in [1.807, 2.05) is 0 Å². The minimum absolute atomic E-state index is 0.0321. The largest absolute Gasteiger partial charge is 0.478 e. The predicted octanol–water partition coefficient (Wildman–Crippen LogP) is 3.16. The van der Waals surface area contributed by atoms with Crippen LogP contribution in [0.15, 0.2) is 17.0 Å². The predicted molar refractivity (Wildman–Crippen MR) is 54.3 cm³/mol. The third kappa shape index (κ3) is 2.92. The van der Waals surface area contributed by atoms with Gasteiger partial charge in [-0.05, 0) is 12.1 Å². The van der Waals surface area contributed by atoms with Crippen LogP contribution in [0.4, 0.5) is 8.78 Å². The lowest BCUT2D eigenvalue weighted by Crippen LogP contribution is -2.01. The van der Waals surface area contributed by atoms with Gasteiger partial charge < -0.3 is 5.11 Å². The fraction of sp³-hybridized carbons (Fsp3) is 0.300. The Morgan fingerprint density at radius 1 is 1.33 bits per heavy atom. The van der Waals surface area contributed by atoms with Gasteiger partial charge in [-0.25, -0.2) is 13.6 Å². The summed E-state index contributed by atoms with van der Waals surface area (Å²) in [6, 6.07) is 1.66. The summed E-state index contributed by atoms with van der Waals surface area (Å²) in [7, 11) is 0. The quantitative estimate of drug-likeness (QED) is 0.813. The highest BCUT2D eigenvalue weighted by atomic mass is 32.2. The van der Waals surface area contributed by atoms with E-state index in [9.17, 15) is 13.6 Å². The van der Waals surface area contributed by atoms with E-state index in [1.165, 1.54) is 0 Å². The van der Waals surface area contributed by atoms with Gasteiger partial charge in [-0.15, -0.1) is 11.8 Å². The van der Waals surface area contributed by atoms with Gasteiger partial charge in [-0.1, -0.05) is 13.8 Å². The van der Waals surface area contributed by atoms with Crippen LogP contribution in [0.3, 0.4) is 0 Å². The summed E-state index contributed by atoms with van der Waals surface area (Å²) in [6.07, 6.45) is 0. The second kappa shape index (κ2) is 4.61. The average molecular weight is 232 g/mol. The highest BCUT2D eigenvalue weighted by Crippen LogP contribution is 2.29. The first-order chi connectivity index (χ1) is 6.91. The van der Waals surface area contributed by atoms with Crippen LogP contribution in [-0.2, 0) is 0 Å². The van der Waals surface area contributed by atoms with Crippen LogP contribution in [0, 0.1) is 11.6 Å². The molecule has 0 atom stereocenters. The molecule has 1 N–H and O–H groups in total. The Balaban J connectivity index is 3.15. The number of hydrogen-bond acceptors (Lipinski definition) is 2. The van der Waals surface area contributed by atoms with Gasteiger partial charge in [0.2, 0.25) is 0 Å². The normalized spacial score (nSPS) is 10.7. The van der Waals surface area contributed by atoms with Crippen molar-refractivity contribution in [3.63, 3.8) is 0 Å². The molecule has 2 nitrogen and oxygen atoms in total. The second-order valence-electron chi connectivity index (χ2n) is 3.24. The van der Waals surface area contributed by atoms with E-state index in [0.717, 1.165) is 23.9 Å². The van der Waals surface area contributed by atoms with Gasteiger partial charge in [0, 0.05) is 5.25 Å². The molecule has 0 spiro atoms. The molecule has 0 fully saturated rings. The Bertz CT molecular complexity index is 368. The molecular weight excluding hydrogens is 222 g/mol. The van der Waals surface area contributed by atoms with Crippen molar-refractivity contribution < 1.29 is 18.7 Å². The van der Waals surface area contributed by atoms with Crippen LogP contribution in [0.5, 0.6) is 0 Å². The maximum absolute atomic E-state index is 13.3. The van der Waals surface area contributed by atoms with Gasteiger partial charge in [0.05, 0.1) is 10.5 Å². The van der Waals surface area contributed by atoms with Crippen molar-refractivity contribution in [3.05, 3.63) is 29.3 Å². The molecule has 1 rings (SSSR count). The highest BCUT2D eigenvalue weighted by molar-refractivity contribution is 7.99. The Kier molecular flexibility index (Phi) is 3.68. The third-order valence-electron chi connectivity index (χ3n) is 1.60. The number of hydrogen-bond donors (Lipinski definition) is 1. The lowest BCUT2D eigenvalue weighted by Gasteiger charge is -2.08. The van der Waals surface area contributed by atoms with Crippen molar-refractivity contribution in [2.75, 3.05) is 0 Å². The van der Waals surface area contributed by atoms with Crippen molar-refractivity contribution in [1.82, 2.24) is 0 Å². The second-order valence-corrected chi connectivity index (χ2v) is 4.83. The minimum atomic E-state index is -1.34. The zero-order chi connectivity index (χ0) is 11.6. The molecule has 5 heteroatoms. The van der Waals surface area contributed by atoms with Crippen molar-refractivity contribution in [2.24, 2.45) is 0 Å². The van der Waals surface area contributed by atoms with E-state index < -0.39 is 17.6 Å². The SMILES string of the molecule is CC(C)Sc1c(F)cc(C(=O)O)cc1F. The molecule has 0 amide bonds. The highest BCUT2D eigenvalue weighted by Gasteiger charge is 2.15. The number of carboxylic acid groups (broad SMARTS) is 1. The van der Waals surface area contributed by atoms with E-state index in [1.54, 1.807) is 13.8 Å². The van der Waals surface area contributed by atoms with E-state index in [4.69, 9.17) is 5.11 Å². The molecule has 0 saturated heterocycles. The van der Waals surface area contributed by atoms with E-state index in [-0.39, 0.29) is 15.7 Å². The topological polar surface area (TPSA) is 37.3 Å². The zero-order valence-electron chi connectivity index (χ0n) is 8.25. The molecule has 0 bridgehead atoms. The van der Waals surface area contributed by atoms with Gasteiger partial charge in [0.15, 0.2) is 0 Å². The van der Waals surface area contributed by atoms with Gasteiger partial charge in [0.25, 0.3) is 0 Å². The van der Waals surface area contributed by atoms with Crippen LogP contribution in [0.25, 0.3) is 0 Å². The lowest BCUT2D eigenvalue weighted by molar-refractivity contribution is 0.0695. The number of carbonyl (C=O) groups is 1. The summed E-state index contributed by atoms with van der Waals surface area (Å²) >= 11 is 1.03. The summed E-state index contributed by atoms with van der Waals surface area (Å²) in [6.45, 7) is 3.60. The Morgan fingerprint density at radius 2 is 1.80 bits per heavy atom. The first-order valence-electron chi connectivity index (χ1n) is 4.30. The molecule has 1 aromatic rings. The smallest absolute Gasteiger partial charge is 0.335 e. The number of rotatable bonds is 3. The van der Waals surface area contributed by atoms with Crippen LogP contribution >= 0.6 is 11.8 Å². The summed E-state index contributed by atoms with van der Waals surface area (Å²) in [5.74, 6) is -2.99. The van der Waals surface area contributed by atoms with Crippen LogP contribution < -0.4 is 0 Å². The molecule has 0 aliphatic heterocycles. The van der Waals surface area contributed by atoms with Crippen molar-refractivity contribution in [1.29, 1.82) is 0 Å². The maximum Gasteiger partial charge on any atom is 0.335 e. The van der Waals surface area contributed by atoms with E-state index >= 15 is 0 Å². The monoisotopic (exact) mass is 232 g/mol. The maximum atomic E-state index is 13.3. The molecule has 0 aromatic heterocycles. The van der Waals surface area contributed by atoms with Gasteiger partial charge in [-0.3, -0.25) is 0 Å². The molecule has 0 heterocycles. The molecule has 0 aliphatic rings. The summed E-state index contributed by atoms with van der Waals surface area (Å²) in [5.41, 5.74) is -0.377. The minimum Gasteiger partial charge on any atom is -0.478 e. The molecular formula is C10H10F2O2S. The van der Waals surface area contributed by atoms with Gasteiger partial charge in [0.1, 0.15) is 11.6 Å². The number of halogens is 2. The molecule has 0 unspecified atom stereocenters. The fourth-order valence-corrected chi connectivity index (χ4v) is 1.85. The molecule has 1 aromatic carbocycles.